The number of alkyl halides is 3. The second-order valence-electron chi connectivity index (χ2n) is 7.15. The van der Waals surface area contributed by atoms with Crippen LogP contribution in [0, 0.1) is 0 Å². The van der Waals surface area contributed by atoms with Crippen molar-refractivity contribution in [2.75, 3.05) is 24.9 Å². The molecule has 0 saturated carbocycles. The van der Waals surface area contributed by atoms with Crippen LogP contribution in [0.1, 0.15) is 34.4 Å². The van der Waals surface area contributed by atoms with Crippen molar-refractivity contribution in [2.45, 2.75) is 24.7 Å². The highest BCUT2D eigenvalue weighted by Gasteiger charge is 2.47. The lowest BCUT2D eigenvalue weighted by Gasteiger charge is -2.34. The van der Waals surface area contributed by atoms with Gasteiger partial charge >= 0.3 is 6.18 Å². The first kappa shape index (κ1) is 21.5. The minimum atomic E-state index is -4.56. The molecule has 2 N–H and O–H groups in total. The van der Waals surface area contributed by atoms with Crippen LogP contribution in [0.5, 0.6) is 11.5 Å². The maximum atomic E-state index is 13.9. The van der Waals surface area contributed by atoms with Gasteiger partial charge in [0.15, 0.2) is 17.5 Å². The van der Waals surface area contributed by atoms with Gasteiger partial charge in [-0.1, -0.05) is 6.07 Å². The third-order valence-electron chi connectivity index (χ3n) is 5.21. The lowest BCUT2D eigenvalue weighted by molar-refractivity contribution is -0.173. The van der Waals surface area contributed by atoms with E-state index in [1.165, 1.54) is 20.4 Å². The minimum absolute atomic E-state index is 0.00622. The van der Waals surface area contributed by atoms with Gasteiger partial charge < -0.3 is 20.1 Å². The lowest BCUT2D eigenvalue weighted by atomic mass is 9.96. The Morgan fingerprint density at radius 1 is 1.19 bits per heavy atom. The molecule has 11 heteroatoms. The van der Waals surface area contributed by atoms with Gasteiger partial charge in [0.25, 0.3) is 5.91 Å². The number of carbonyl (C=O) groups excluding carboxylic acids is 1. The van der Waals surface area contributed by atoms with Gasteiger partial charge in [-0.3, -0.25) is 9.78 Å². The van der Waals surface area contributed by atoms with E-state index < -0.39 is 24.2 Å². The van der Waals surface area contributed by atoms with Crippen LogP contribution in [0.15, 0.2) is 48.9 Å². The number of hydrogen-bond acceptors (Lipinski definition) is 6. The maximum Gasteiger partial charge on any atom is 0.410 e. The van der Waals surface area contributed by atoms with Crippen LogP contribution in [0.25, 0.3) is 0 Å². The van der Waals surface area contributed by atoms with Crippen molar-refractivity contribution in [3.63, 3.8) is 0 Å². The van der Waals surface area contributed by atoms with Crippen LogP contribution in [-0.2, 0) is 0 Å². The van der Waals surface area contributed by atoms with E-state index in [1.54, 1.807) is 36.5 Å². The summed E-state index contributed by atoms with van der Waals surface area (Å²) >= 11 is 0. The summed E-state index contributed by atoms with van der Waals surface area (Å²) < 4.78 is 53.0. The van der Waals surface area contributed by atoms with Gasteiger partial charge in [0.2, 0.25) is 0 Å². The summed E-state index contributed by atoms with van der Waals surface area (Å²) in [5.74, 6) is 0.241. The van der Waals surface area contributed by atoms with Crippen LogP contribution in [0.3, 0.4) is 0 Å². The molecule has 1 amide bonds. The van der Waals surface area contributed by atoms with Crippen molar-refractivity contribution in [1.82, 2.24) is 14.8 Å². The molecule has 0 aliphatic carbocycles. The molecule has 1 aliphatic rings. The number of fused-ring (bicyclic) bond motifs is 1. The zero-order valence-electron chi connectivity index (χ0n) is 17.2. The normalized spacial score (nSPS) is 17.8. The summed E-state index contributed by atoms with van der Waals surface area (Å²) in [5.41, 5.74) is 0.966. The topological polar surface area (TPSA) is 90.3 Å². The predicted molar refractivity (Wildman–Crippen MR) is 110 cm³/mol. The van der Waals surface area contributed by atoms with Crippen molar-refractivity contribution in [1.29, 1.82) is 0 Å². The standard InChI is InChI=1S/C21H20F3N5O3/c1-31-16-6-5-12(8-17(16)32-2)15-9-18(21(22,23)24)29-19(28-15)14(11-26-29)20(30)27-13-4-3-7-25-10-13/h3-8,10-11,15,18,28H,9H2,1-2H3,(H,27,30)/t15-,18+/m0/s1. The number of hydrogen-bond donors (Lipinski definition) is 2. The van der Waals surface area contributed by atoms with Crippen molar-refractivity contribution in [3.8, 4) is 11.5 Å². The fourth-order valence-corrected chi connectivity index (χ4v) is 3.65. The van der Waals surface area contributed by atoms with Crippen LogP contribution >= 0.6 is 0 Å². The molecule has 1 aliphatic heterocycles. The molecule has 2 atom stereocenters. The molecule has 0 spiro atoms. The molecular weight excluding hydrogens is 427 g/mol. The fourth-order valence-electron chi connectivity index (χ4n) is 3.65. The van der Waals surface area contributed by atoms with E-state index in [1.807, 2.05) is 0 Å². The number of nitrogens with zero attached hydrogens (tertiary/aromatic N) is 3. The number of nitrogens with one attached hydrogen (secondary N) is 2. The Balaban J connectivity index is 1.70. The maximum absolute atomic E-state index is 13.9. The number of rotatable bonds is 5. The monoisotopic (exact) mass is 447 g/mol. The highest BCUT2D eigenvalue weighted by atomic mass is 19.4. The number of halogens is 3. The molecular formula is C21H20F3N5O3. The summed E-state index contributed by atoms with van der Waals surface area (Å²) in [6.07, 6.45) is -0.761. The van der Waals surface area contributed by atoms with E-state index in [-0.39, 0.29) is 17.8 Å². The lowest BCUT2D eigenvalue weighted by Crippen LogP contribution is -2.36. The van der Waals surface area contributed by atoms with Gasteiger partial charge in [0.1, 0.15) is 11.4 Å². The van der Waals surface area contributed by atoms with E-state index in [2.05, 4.69) is 20.7 Å². The first-order chi connectivity index (χ1) is 15.3. The van der Waals surface area contributed by atoms with Crippen LogP contribution < -0.4 is 20.1 Å². The van der Waals surface area contributed by atoms with Gasteiger partial charge in [0.05, 0.1) is 38.3 Å². The summed E-state index contributed by atoms with van der Waals surface area (Å²) in [7, 11) is 2.92. The van der Waals surface area contributed by atoms with Gasteiger partial charge in [0, 0.05) is 12.6 Å². The molecule has 2 aromatic heterocycles. The molecule has 1 aromatic carbocycles. The van der Waals surface area contributed by atoms with E-state index in [9.17, 15) is 18.0 Å². The zero-order valence-corrected chi connectivity index (χ0v) is 17.2. The number of carbonyl (C=O) groups is 1. The fraction of sp³-hybridized carbons (Fsp3) is 0.286. The van der Waals surface area contributed by atoms with E-state index in [4.69, 9.17) is 9.47 Å². The molecule has 8 nitrogen and oxygen atoms in total. The van der Waals surface area contributed by atoms with Gasteiger partial charge in [-0.25, -0.2) is 4.68 Å². The molecule has 0 unspecified atom stereocenters. The zero-order chi connectivity index (χ0) is 22.9. The van der Waals surface area contributed by atoms with Crippen molar-refractivity contribution in [3.05, 3.63) is 60.0 Å². The van der Waals surface area contributed by atoms with Crippen LogP contribution in [0.4, 0.5) is 24.7 Å². The summed E-state index contributed by atoms with van der Waals surface area (Å²) in [4.78, 5) is 16.7. The van der Waals surface area contributed by atoms with Gasteiger partial charge in [-0.2, -0.15) is 18.3 Å². The van der Waals surface area contributed by atoms with Crippen molar-refractivity contribution < 1.29 is 27.4 Å². The molecule has 0 saturated heterocycles. The molecule has 168 valence electrons. The average molecular weight is 447 g/mol. The number of amides is 1. The molecule has 0 fully saturated rings. The number of pyridine rings is 1. The van der Waals surface area contributed by atoms with E-state index in [0.29, 0.717) is 22.7 Å². The Kier molecular flexibility index (Phi) is 5.64. The summed E-state index contributed by atoms with van der Waals surface area (Å²) in [6, 6.07) is 5.51. The largest absolute Gasteiger partial charge is 0.493 e. The number of anilines is 2. The highest BCUT2D eigenvalue weighted by molar-refractivity contribution is 6.07. The smallest absolute Gasteiger partial charge is 0.410 e. The predicted octanol–water partition coefficient (Wildman–Crippen LogP) is 4.21. The Hall–Kier alpha value is -3.76. The molecule has 4 rings (SSSR count). The first-order valence-electron chi connectivity index (χ1n) is 9.66. The van der Waals surface area contributed by atoms with Crippen molar-refractivity contribution in [2.24, 2.45) is 0 Å². The Labute approximate surface area is 181 Å². The molecule has 0 radical (unpaired) electrons. The number of benzene rings is 1. The quantitative estimate of drug-likeness (QED) is 0.609. The summed E-state index contributed by atoms with van der Waals surface area (Å²) in [5, 5.41) is 9.54. The molecule has 3 heterocycles. The van der Waals surface area contributed by atoms with Crippen LogP contribution in [0.2, 0.25) is 0 Å². The Morgan fingerprint density at radius 2 is 1.97 bits per heavy atom. The van der Waals surface area contributed by atoms with Crippen LogP contribution in [-0.4, -0.2) is 41.1 Å². The summed E-state index contributed by atoms with van der Waals surface area (Å²) in [6.45, 7) is 0. The second kappa shape index (κ2) is 8.40. The second-order valence-corrected chi connectivity index (χ2v) is 7.15. The Bertz CT molecular complexity index is 1120. The number of aromatic nitrogens is 3. The highest BCUT2D eigenvalue weighted by Crippen LogP contribution is 2.45. The molecule has 0 bridgehead atoms. The third kappa shape index (κ3) is 4.05. The number of ether oxygens (including phenoxy) is 2. The molecule has 3 aromatic rings. The number of methoxy groups -OCH3 is 2. The van der Waals surface area contributed by atoms with Crippen molar-refractivity contribution >= 4 is 17.4 Å². The van der Waals surface area contributed by atoms with Gasteiger partial charge in [-0.15, -0.1) is 0 Å². The minimum Gasteiger partial charge on any atom is -0.493 e. The molecule has 32 heavy (non-hydrogen) atoms. The van der Waals surface area contributed by atoms with E-state index >= 15 is 0 Å². The SMILES string of the molecule is COc1ccc([C@@H]2C[C@H](C(F)(F)F)n3ncc(C(=O)Nc4cccnc4)c3N2)cc1OC. The third-order valence-corrected chi connectivity index (χ3v) is 5.21. The van der Waals surface area contributed by atoms with Gasteiger partial charge in [-0.05, 0) is 29.8 Å². The average Bonchev–Trinajstić information content (AvgIpc) is 3.22. The first-order valence-corrected chi connectivity index (χ1v) is 9.66. The van der Waals surface area contributed by atoms with E-state index in [0.717, 1.165) is 10.9 Å². The Morgan fingerprint density at radius 3 is 2.62 bits per heavy atom.